The van der Waals surface area contributed by atoms with Crippen LogP contribution in [0.25, 0.3) is 11.5 Å². The van der Waals surface area contributed by atoms with Crippen LogP contribution in [0.5, 0.6) is 0 Å². The Kier molecular flexibility index (Phi) is 3.94. The van der Waals surface area contributed by atoms with Gasteiger partial charge in [-0.25, -0.2) is 0 Å². The Balaban J connectivity index is 1.72. The molecule has 1 aromatic heterocycles. The van der Waals surface area contributed by atoms with E-state index < -0.39 is 0 Å². The highest BCUT2D eigenvalue weighted by molar-refractivity contribution is 9.10. The number of halogens is 1. The van der Waals surface area contributed by atoms with Gasteiger partial charge in [-0.3, -0.25) is 0 Å². The average molecular weight is 322 g/mol. The monoisotopic (exact) mass is 321 g/mol. The van der Waals surface area contributed by atoms with Crippen LogP contribution in [0, 0.1) is 5.92 Å². The third-order valence-electron chi connectivity index (χ3n) is 3.41. The van der Waals surface area contributed by atoms with Crippen molar-refractivity contribution < 1.29 is 4.52 Å². The average Bonchev–Trinajstić information content (AvgIpc) is 2.88. The Labute approximate surface area is 120 Å². The topological polar surface area (TPSA) is 51.0 Å². The molecule has 1 fully saturated rings. The maximum absolute atomic E-state index is 5.34. The Bertz CT molecular complexity index is 549. The molecule has 0 bridgehead atoms. The molecule has 2 aromatic rings. The van der Waals surface area contributed by atoms with Crippen molar-refractivity contribution >= 4 is 15.9 Å². The van der Waals surface area contributed by atoms with Gasteiger partial charge in [0.25, 0.3) is 5.89 Å². The molecule has 1 N–H and O–H groups in total. The van der Waals surface area contributed by atoms with Gasteiger partial charge >= 0.3 is 0 Å². The molecular weight excluding hydrogens is 306 g/mol. The van der Waals surface area contributed by atoms with E-state index in [1.165, 1.54) is 12.8 Å². The first kappa shape index (κ1) is 12.8. The van der Waals surface area contributed by atoms with E-state index in [1.54, 1.807) is 0 Å². The van der Waals surface area contributed by atoms with Gasteiger partial charge in [-0.15, -0.1) is 0 Å². The molecule has 1 unspecified atom stereocenters. The van der Waals surface area contributed by atoms with E-state index in [4.69, 9.17) is 4.52 Å². The first-order valence-electron chi connectivity index (χ1n) is 6.60. The first-order valence-corrected chi connectivity index (χ1v) is 7.40. The zero-order valence-corrected chi connectivity index (χ0v) is 12.2. The number of hydrogen-bond donors (Lipinski definition) is 1. The van der Waals surface area contributed by atoms with Crippen LogP contribution < -0.4 is 5.32 Å². The molecule has 1 aromatic carbocycles. The molecule has 1 atom stereocenters. The number of rotatable bonds is 3. The number of nitrogens with zero attached hydrogens (tertiary/aromatic N) is 2. The lowest BCUT2D eigenvalue weighted by Gasteiger charge is -2.20. The van der Waals surface area contributed by atoms with Crippen molar-refractivity contribution in [2.45, 2.75) is 19.3 Å². The van der Waals surface area contributed by atoms with Crippen molar-refractivity contribution in [3.8, 4) is 11.5 Å². The summed E-state index contributed by atoms with van der Waals surface area (Å²) in [4.78, 5) is 4.49. The van der Waals surface area contributed by atoms with E-state index >= 15 is 0 Å². The summed E-state index contributed by atoms with van der Waals surface area (Å²) in [5.74, 6) is 2.03. The Hall–Kier alpha value is -1.20. The molecule has 5 heteroatoms. The van der Waals surface area contributed by atoms with Crippen LogP contribution in [-0.4, -0.2) is 23.2 Å². The van der Waals surface area contributed by atoms with Crippen LogP contribution in [-0.2, 0) is 6.42 Å². The Morgan fingerprint density at radius 3 is 3.16 bits per heavy atom. The van der Waals surface area contributed by atoms with Crippen molar-refractivity contribution in [3.05, 3.63) is 34.6 Å². The van der Waals surface area contributed by atoms with Gasteiger partial charge in [0.05, 0.1) is 0 Å². The second kappa shape index (κ2) is 5.84. The molecule has 3 rings (SSSR count). The highest BCUT2D eigenvalue weighted by Crippen LogP contribution is 2.22. The predicted octanol–water partition coefficient (Wildman–Crippen LogP) is 3.04. The van der Waals surface area contributed by atoms with Crippen LogP contribution in [0.3, 0.4) is 0 Å². The molecule has 0 saturated carbocycles. The lowest BCUT2D eigenvalue weighted by atomic mass is 9.96. The second-order valence-electron chi connectivity index (χ2n) is 4.94. The highest BCUT2D eigenvalue weighted by Gasteiger charge is 2.17. The Morgan fingerprint density at radius 2 is 2.37 bits per heavy atom. The quantitative estimate of drug-likeness (QED) is 0.944. The molecule has 0 radical (unpaired) electrons. The molecule has 1 saturated heterocycles. The number of hydrogen-bond acceptors (Lipinski definition) is 4. The number of benzene rings is 1. The largest absolute Gasteiger partial charge is 0.334 e. The molecular formula is C14H16BrN3O. The van der Waals surface area contributed by atoms with E-state index in [2.05, 4.69) is 31.4 Å². The maximum Gasteiger partial charge on any atom is 0.257 e. The fraction of sp³-hybridized carbons (Fsp3) is 0.429. The van der Waals surface area contributed by atoms with Crippen LogP contribution in [0.2, 0.25) is 0 Å². The third-order valence-corrected chi connectivity index (χ3v) is 3.90. The highest BCUT2D eigenvalue weighted by atomic mass is 79.9. The van der Waals surface area contributed by atoms with Gasteiger partial charge in [-0.1, -0.05) is 27.2 Å². The van der Waals surface area contributed by atoms with E-state index in [0.717, 1.165) is 35.4 Å². The smallest absolute Gasteiger partial charge is 0.257 e. The molecule has 0 spiro atoms. The summed E-state index contributed by atoms with van der Waals surface area (Å²) in [6.45, 7) is 2.19. The summed E-state index contributed by atoms with van der Waals surface area (Å²) in [7, 11) is 0. The minimum Gasteiger partial charge on any atom is -0.334 e. The predicted molar refractivity (Wildman–Crippen MR) is 76.7 cm³/mol. The van der Waals surface area contributed by atoms with E-state index in [9.17, 15) is 0 Å². The summed E-state index contributed by atoms with van der Waals surface area (Å²) in [5.41, 5.74) is 0.954. The van der Waals surface area contributed by atoms with E-state index in [-0.39, 0.29) is 0 Å². The molecule has 4 nitrogen and oxygen atoms in total. The van der Waals surface area contributed by atoms with Crippen LogP contribution in [0.1, 0.15) is 18.7 Å². The third kappa shape index (κ3) is 3.22. The van der Waals surface area contributed by atoms with Gasteiger partial charge in [0.15, 0.2) is 5.82 Å². The minimum atomic E-state index is 0.597. The first-order chi connectivity index (χ1) is 9.31. The number of piperidine rings is 1. The fourth-order valence-electron chi connectivity index (χ4n) is 2.43. The van der Waals surface area contributed by atoms with Crippen molar-refractivity contribution in [1.29, 1.82) is 0 Å². The molecule has 2 heterocycles. The van der Waals surface area contributed by atoms with Crippen molar-refractivity contribution in [1.82, 2.24) is 15.5 Å². The van der Waals surface area contributed by atoms with Crippen molar-refractivity contribution in [2.75, 3.05) is 13.1 Å². The second-order valence-corrected chi connectivity index (χ2v) is 5.86. The zero-order valence-electron chi connectivity index (χ0n) is 10.6. The summed E-state index contributed by atoms with van der Waals surface area (Å²) in [6.07, 6.45) is 3.37. The summed E-state index contributed by atoms with van der Waals surface area (Å²) in [6, 6.07) is 7.91. The SMILES string of the molecule is Brc1cccc(-c2nc(CC3CCCNC3)no2)c1. The zero-order chi connectivity index (χ0) is 13.1. The molecule has 0 amide bonds. The van der Waals surface area contributed by atoms with Gasteiger partial charge < -0.3 is 9.84 Å². The maximum atomic E-state index is 5.34. The van der Waals surface area contributed by atoms with Crippen LogP contribution in [0.15, 0.2) is 33.3 Å². The number of nitrogens with one attached hydrogen (secondary N) is 1. The van der Waals surface area contributed by atoms with Gasteiger partial charge in [0, 0.05) is 16.5 Å². The fourth-order valence-corrected chi connectivity index (χ4v) is 2.83. The van der Waals surface area contributed by atoms with Crippen LogP contribution >= 0.6 is 15.9 Å². The molecule has 19 heavy (non-hydrogen) atoms. The number of aromatic nitrogens is 2. The van der Waals surface area contributed by atoms with E-state index in [1.807, 2.05) is 24.3 Å². The lowest BCUT2D eigenvalue weighted by Crippen LogP contribution is -2.31. The minimum absolute atomic E-state index is 0.597. The standard InChI is InChI=1S/C14H16BrN3O/c15-12-5-1-4-11(8-12)14-17-13(18-19-14)7-10-3-2-6-16-9-10/h1,4-5,8,10,16H,2-3,6-7,9H2. The van der Waals surface area contributed by atoms with Gasteiger partial charge in [-0.2, -0.15) is 4.98 Å². The molecule has 0 aliphatic carbocycles. The van der Waals surface area contributed by atoms with E-state index in [0.29, 0.717) is 11.8 Å². The van der Waals surface area contributed by atoms with Crippen molar-refractivity contribution in [3.63, 3.8) is 0 Å². The molecule has 1 aliphatic heterocycles. The van der Waals surface area contributed by atoms with Crippen molar-refractivity contribution in [2.24, 2.45) is 5.92 Å². The summed E-state index contributed by atoms with van der Waals surface area (Å²) in [5, 5.41) is 7.50. The normalized spacial score (nSPS) is 19.5. The van der Waals surface area contributed by atoms with Crippen LogP contribution in [0.4, 0.5) is 0 Å². The molecule has 100 valence electrons. The molecule has 1 aliphatic rings. The summed E-state index contributed by atoms with van der Waals surface area (Å²) >= 11 is 3.45. The summed E-state index contributed by atoms with van der Waals surface area (Å²) < 4.78 is 6.36. The van der Waals surface area contributed by atoms with Gasteiger partial charge in [0.1, 0.15) is 0 Å². The van der Waals surface area contributed by atoms with Gasteiger partial charge in [-0.05, 0) is 50.0 Å². The van der Waals surface area contributed by atoms with Gasteiger partial charge in [0.2, 0.25) is 0 Å². The Morgan fingerprint density at radius 1 is 1.42 bits per heavy atom. The lowest BCUT2D eigenvalue weighted by molar-refractivity contribution is 0.360.